The molecule has 1 amide bonds. The lowest BCUT2D eigenvalue weighted by molar-refractivity contribution is 0.0990. The maximum Gasteiger partial charge on any atom is 0.270 e. The number of nitrogens with zero attached hydrogens (tertiary/aromatic N) is 2. The molecule has 0 saturated carbocycles. The van der Waals surface area contributed by atoms with Crippen LogP contribution in [0.25, 0.3) is 21.1 Å². The summed E-state index contributed by atoms with van der Waals surface area (Å²) >= 11 is 1.37. The number of aryl methyl sites for hydroxylation is 1. The number of nitrogen functional groups attached to an aromatic ring is 1. The molecule has 2 N–H and O–H groups in total. The molecule has 0 unspecified atom stereocenters. The summed E-state index contributed by atoms with van der Waals surface area (Å²) in [7, 11) is 0. The number of fused-ring (bicyclic) bond motifs is 3. The lowest BCUT2D eigenvalue weighted by Gasteiger charge is -2.29. The van der Waals surface area contributed by atoms with E-state index in [0.29, 0.717) is 23.7 Å². The van der Waals surface area contributed by atoms with Crippen LogP contribution in [0.4, 0.5) is 11.4 Å². The van der Waals surface area contributed by atoms with Crippen molar-refractivity contribution >= 4 is 49.7 Å². The second-order valence-electron chi connectivity index (χ2n) is 7.16. The Balaban J connectivity index is 1.59. The first-order valence-corrected chi connectivity index (χ1v) is 10.6. The second-order valence-corrected chi connectivity index (χ2v) is 8.16. The smallest absolute Gasteiger partial charge is 0.270 e. The summed E-state index contributed by atoms with van der Waals surface area (Å²) in [5.41, 5.74) is 10.0. The van der Waals surface area contributed by atoms with Crippen LogP contribution in [0.15, 0.2) is 48.5 Å². The van der Waals surface area contributed by atoms with Crippen molar-refractivity contribution in [3.63, 3.8) is 0 Å². The van der Waals surface area contributed by atoms with Crippen LogP contribution in [-0.2, 0) is 6.42 Å². The third-order valence-corrected chi connectivity index (χ3v) is 6.45. The van der Waals surface area contributed by atoms with Crippen LogP contribution in [0.2, 0.25) is 0 Å². The number of amides is 1. The van der Waals surface area contributed by atoms with Crippen LogP contribution in [0.1, 0.15) is 28.6 Å². The number of benzene rings is 2. The summed E-state index contributed by atoms with van der Waals surface area (Å²) in [6.07, 6.45) is 1.95. The minimum absolute atomic E-state index is 0.0447. The van der Waals surface area contributed by atoms with E-state index < -0.39 is 0 Å². The Kier molecular flexibility index (Phi) is 4.36. The molecule has 0 spiro atoms. The fourth-order valence-electron chi connectivity index (χ4n) is 3.96. The Morgan fingerprint density at radius 1 is 1.24 bits per heavy atom. The van der Waals surface area contributed by atoms with Crippen molar-refractivity contribution in [1.29, 1.82) is 0 Å². The van der Waals surface area contributed by atoms with Gasteiger partial charge in [-0.15, -0.1) is 11.3 Å². The minimum atomic E-state index is -0.0447. The van der Waals surface area contributed by atoms with Gasteiger partial charge in [-0.1, -0.05) is 18.2 Å². The fraction of sp³-hybridized carbons (Fsp3) is 0.217. The number of ether oxygens (including phenoxy) is 1. The van der Waals surface area contributed by atoms with E-state index in [4.69, 9.17) is 15.5 Å². The third kappa shape index (κ3) is 3.00. The molecule has 1 aliphatic heterocycles. The Labute approximate surface area is 172 Å². The van der Waals surface area contributed by atoms with Gasteiger partial charge < -0.3 is 15.4 Å². The molecule has 6 heteroatoms. The summed E-state index contributed by atoms with van der Waals surface area (Å²) in [6.45, 7) is 3.27. The van der Waals surface area contributed by atoms with Gasteiger partial charge in [-0.3, -0.25) is 4.79 Å². The molecule has 0 aliphatic carbocycles. The molecule has 0 saturated heterocycles. The number of nitrogens with two attached hydrogens (primary N) is 1. The first-order valence-electron chi connectivity index (χ1n) is 9.81. The molecule has 5 rings (SSSR count). The number of thiophene rings is 1. The molecule has 1 aliphatic rings. The lowest BCUT2D eigenvalue weighted by atomic mass is 10.0. The Bertz CT molecular complexity index is 1250. The average molecular weight is 404 g/mol. The van der Waals surface area contributed by atoms with Crippen molar-refractivity contribution in [3.8, 4) is 5.75 Å². The first kappa shape index (κ1) is 17.9. The molecule has 0 bridgehead atoms. The van der Waals surface area contributed by atoms with Crippen molar-refractivity contribution in [3.05, 3.63) is 59.0 Å². The van der Waals surface area contributed by atoms with E-state index in [0.717, 1.165) is 45.4 Å². The number of hydrogen-bond donors (Lipinski definition) is 1. The number of pyridine rings is 1. The highest BCUT2D eigenvalue weighted by atomic mass is 32.1. The summed E-state index contributed by atoms with van der Waals surface area (Å²) in [6, 6.07) is 15.9. The summed E-state index contributed by atoms with van der Waals surface area (Å²) in [5, 5.41) is 1.78. The normalized spacial score (nSPS) is 13.6. The molecule has 2 aromatic heterocycles. The van der Waals surface area contributed by atoms with Crippen LogP contribution in [-0.4, -0.2) is 24.0 Å². The SMILES string of the molecule is CCOc1ccc2nc3sc(C(=O)N4CCCc5ccccc54)c(N)c3cc2c1. The zero-order chi connectivity index (χ0) is 20.0. The van der Waals surface area contributed by atoms with Gasteiger partial charge in [0.1, 0.15) is 15.5 Å². The van der Waals surface area contributed by atoms with Crippen LogP contribution in [0.3, 0.4) is 0 Å². The van der Waals surface area contributed by atoms with E-state index in [1.165, 1.54) is 16.9 Å². The number of aromatic nitrogens is 1. The van der Waals surface area contributed by atoms with E-state index in [1.54, 1.807) is 0 Å². The number of carbonyl (C=O) groups excluding carboxylic acids is 1. The van der Waals surface area contributed by atoms with Crippen LogP contribution >= 0.6 is 11.3 Å². The number of carbonyl (C=O) groups is 1. The van der Waals surface area contributed by atoms with Crippen molar-refractivity contribution in [1.82, 2.24) is 4.98 Å². The van der Waals surface area contributed by atoms with Gasteiger partial charge in [0.2, 0.25) is 0 Å². The van der Waals surface area contributed by atoms with Gasteiger partial charge in [0.05, 0.1) is 17.8 Å². The van der Waals surface area contributed by atoms with Crippen LogP contribution in [0, 0.1) is 0 Å². The lowest BCUT2D eigenvalue weighted by Crippen LogP contribution is -2.35. The van der Waals surface area contributed by atoms with Gasteiger partial charge in [0.25, 0.3) is 5.91 Å². The number of hydrogen-bond acceptors (Lipinski definition) is 5. The number of anilines is 2. The van der Waals surface area contributed by atoms with Gasteiger partial charge >= 0.3 is 0 Å². The molecule has 3 heterocycles. The Hall–Kier alpha value is -3.12. The van der Waals surface area contributed by atoms with Crippen molar-refractivity contribution in [2.45, 2.75) is 19.8 Å². The number of rotatable bonds is 3. The number of para-hydroxylation sites is 1. The summed E-state index contributed by atoms with van der Waals surface area (Å²) in [5.74, 6) is 0.757. The molecule has 0 fully saturated rings. The van der Waals surface area contributed by atoms with E-state index in [1.807, 2.05) is 54.3 Å². The fourth-order valence-corrected chi connectivity index (χ4v) is 5.00. The van der Waals surface area contributed by atoms with Crippen LogP contribution in [0.5, 0.6) is 5.75 Å². The van der Waals surface area contributed by atoms with Crippen molar-refractivity contribution < 1.29 is 9.53 Å². The second kappa shape index (κ2) is 7.04. The van der Waals surface area contributed by atoms with E-state index in [2.05, 4.69) is 6.07 Å². The summed E-state index contributed by atoms with van der Waals surface area (Å²) in [4.78, 5) is 21.3. The van der Waals surface area contributed by atoms with Crippen molar-refractivity contribution in [2.24, 2.45) is 0 Å². The van der Waals surface area contributed by atoms with E-state index >= 15 is 0 Å². The summed E-state index contributed by atoms with van der Waals surface area (Å²) < 4.78 is 5.60. The first-order chi connectivity index (χ1) is 14.2. The topological polar surface area (TPSA) is 68.5 Å². The van der Waals surface area contributed by atoms with Gasteiger partial charge in [0, 0.05) is 23.0 Å². The predicted octanol–water partition coefficient (Wildman–Crippen LogP) is 5.02. The molecule has 4 aromatic rings. The van der Waals surface area contributed by atoms with Crippen LogP contribution < -0.4 is 15.4 Å². The third-order valence-electron chi connectivity index (χ3n) is 5.35. The highest BCUT2D eigenvalue weighted by Gasteiger charge is 2.27. The maximum absolute atomic E-state index is 13.4. The highest BCUT2D eigenvalue weighted by molar-refractivity contribution is 7.21. The minimum Gasteiger partial charge on any atom is -0.494 e. The molecule has 5 nitrogen and oxygen atoms in total. The molecule has 146 valence electrons. The van der Waals surface area contributed by atoms with Crippen molar-refractivity contribution in [2.75, 3.05) is 23.8 Å². The molecule has 0 radical (unpaired) electrons. The molecule has 29 heavy (non-hydrogen) atoms. The maximum atomic E-state index is 13.4. The predicted molar refractivity (Wildman–Crippen MR) is 119 cm³/mol. The van der Waals surface area contributed by atoms with Gasteiger partial charge in [-0.25, -0.2) is 4.98 Å². The van der Waals surface area contributed by atoms with Gasteiger partial charge in [0.15, 0.2) is 0 Å². The molecular weight excluding hydrogens is 382 g/mol. The Morgan fingerprint density at radius 2 is 2.10 bits per heavy atom. The average Bonchev–Trinajstić information content (AvgIpc) is 3.07. The zero-order valence-electron chi connectivity index (χ0n) is 16.1. The van der Waals surface area contributed by atoms with Gasteiger partial charge in [-0.05, 0) is 55.7 Å². The largest absolute Gasteiger partial charge is 0.494 e. The van der Waals surface area contributed by atoms with E-state index in [9.17, 15) is 4.79 Å². The molecular formula is C23H21N3O2S. The standard InChI is InChI=1S/C23H21N3O2S/c1-2-28-16-9-10-18-15(12-16)13-17-20(24)21(29-22(17)25-18)23(27)26-11-5-7-14-6-3-4-8-19(14)26/h3-4,6,8-10,12-13H,2,5,7,11,24H2,1H3. The monoisotopic (exact) mass is 403 g/mol. The highest BCUT2D eigenvalue weighted by Crippen LogP contribution is 2.38. The van der Waals surface area contributed by atoms with E-state index in [-0.39, 0.29) is 5.91 Å². The quantitative estimate of drug-likeness (QED) is 0.521. The molecule has 2 aromatic carbocycles. The van der Waals surface area contributed by atoms with Gasteiger partial charge in [-0.2, -0.15) is 0 Å². The Morgan fingerprint density at radius 3 is 2.97 bits per heavy atom. The molecule has 0 atom stereocenters. The zero-order valence-corrected chi connectivity index (χ0v) is 17.0.